The molecule has 1 aromatic heterocycles. The predicted octanol–water partition coefficient (Wildman–Crippen LogP) is 1.05. The third-order valence-corrected chi connectivity index (χ3v) is 4.20. The number of nitrogens with one attached hydrogen (secondary N) is 2. The Kier molecular flexibility index (Phi) is 3.78. The molecule has 0 aliphatic heterocycles. The van der Waals surface area contributed by atoms with E-state index in [4.69, 9.17) is 5.73 Å². The molecule has 90 valence electrons. The lowest BCUT2D eigenvalue weighted by atomic mass is 9.86. The van der Waals surface area contributed by atoms with Crippen molar-refractivity contribution in [2.75, 3.05) is 13.1 Å². The Bertz CT molecular complexity index is 379. The summed E-state index contributed by atoms with van der Waals surface area (Å²) in [7, 11) is 0. The van der Waals surface area contributed by atoms with Crippen molar-refractivity contribution in [2.24, 2.45) is 11.1 Å². The third-order valence-electron chi connectivity index (χ3n) is 3.48. The second-order valence-electron chi connectivity index (χ2n) is 4.69. The van der Waals surface area contributed by atoms with Crippen molar-refractivity contribution in [3.8, 4) is 0 Å². The number of rotatable bonds is 5. The Labute approximate surface area is 99.3 Å². The second kappa shape index (κ2) is 5.12. The average molecular weight is 241 g/mol. The highest BCUT2D eigenvalue weighted by Gasteiger charge is 2.31. The van der Waals surface area contributed by atoms with E-state index in [0.29, 0.717) is 5.41 Å². The minimum atomic E-state index is 0.0196. The first-order valence-corrected chi connectivity index (χ1v) is 6.70. The smallest absolute Gasteiger partial charge is 0.304 e. The molecule has 1 fully saturated rings. The molecule has 0 spiro atoms. The normalized spacial score (nSPS) is 19.1. The molecule has 0 saturated heterocycles. The van der Waals surface area contributed by atoms with E-state index < -0.39 is 0 Å². The maximum Gasteiger partial charge on any atom is 0.304 e. The molecule has 1 saturated carbocycles. The summed E-state index contributed by atoms with van der Waals surface area (Å²) < 4.78 is 0. The molecule has 4 nitrogen and oxygen atoms in total. The molecule has 0 radical (unpaired) electrons. The van der Waals surface area contributed by atoms with Crippen molar-refractivity contribution in [1.82, 2.24) is 10.3 Å². The molecule has 0 bridgehead atoms. The van der Waals surface area contributed by atoms with Crippen molar-refractivity contribution in [1.29, 1.82) is 0 Å². The van der Waals surface area contributed by atoms with Gasteiger partial charge in [-0.3, -0.25) is 4.79 Å². The van der Waals surface area contributed by atoms with Crippen molar-refractivity contribution in [2.45, 2.75) is 32.2 Å². The van der Waals surface area contributed by atoms with Crippen LogP contribution in [0.5, 0.6) is 0 Å². The van der Waals surface area contributed by atoms with E-state index in [-0.39, 0.29) is 4.87 Å². The van der Waals surface area contributed by atoms with Crippen LogP contribution in [0, 0.1) is 5.41 Å². The molecule has 2 rings (SSSR count). The number of aromatic nitrogens is 1. The summed E-state index contributed by atoms with van der Waals surface area (Å²) in [5.74, 6) is 0. The summed E-state index contributed by atoms with van der Waals surface area (Å²) in [6.45, 7) is 2.46. The van der Waals surface area contributed by atoms with Gasteiger partial charge in [-0.05, 0) is 24.8 Å². The molecule has 4 N–H and O–H groups in total. The van der Waals surface area contributed by atoms with Gasteiger partial charge in [0, 0.05) is 24.2 Å². The Balaban J connectivity index is 1.80. The van der Waals surface area contributed by atoms with Crippen LogP contribution in [0.25, 0.3) is 0 Å². The highest BCUT2D eigenvalue weighted by atomic mass is 32.1. The number of nitrogens with two attached hydrogens (primary N) is 1. The fraction of sp³-hybridized carbons (Fsp3) is 0.727. The first-order valence-electron chi connectivity index (χ1n) is 5.82. The van der Waals surface area contributed by atoms with Crippen molar-refractivity contribution < 1.29 is 0 Å². The molecule has 0 atom stereocenters. The van der Waals surface area contributed by atoms with Gasteiger partial charge in [0.1, 0.15) is 0 Å². The van der Waals surface area contributed by atoms with Gasteiger partial charge in [0.25, 0.3) is 0 Å². The fourth-order valence-electron chi connectivity index (χ4n) is 2.44. The summed E-state index contributed by atoms with van der Waals surface area (Å²) in [6, 6.07) is 0. The Morgan fingerprint density at radius 1 is 1.50 bits per heavy atom. The molecule has 1 aromatic rings. The fourth-order valence-corrected chi connectivity index (χ4v) is 3.02. The van der Waals surface area contributed by atoms with Gasteiger partial charge in [-0.1, -0.05) is 24.2 Å². The SMILES string of the molecule is NCC1(CNCc2csc(=O)[nH]2)CCCC1. The summed E-state index contributed by atoms with van der Waals surface area (Å²) in [5, 5.41) is 5.28. The number of thiazole rings is 1. The molecule has 0 unspecified atom stereocenters. The highest BCUT2D eigenvalue weighted by Crippen LogP contribution is 2.36. The highest BCUT2D eigenvalue weighted by molar-refractivity contribution is 7.07. The average Bonchev–Trinajstić information content (AvgIpc) is 2.89. The molecular weight excluding hydrogens is 222 g/mol. The summed E-state index contributed by atoms with van der Waals surface area (Å²) >= 11 is 1.22. The van der Waals surface area contributed by atoms with Crippen LogP contribution < -0.4 is 15.9 Å². The van der Waals surface area contributed by atoms with Crippen LogP contribution in [-0.2, 0) is 6.54 Å². The van der Waals surface area contributed by atoms with Crippen molar-refractivity contribution >= 4 is 11.3 Å². The summed E-state index contributed by atoms with van der Waals surface area (Å²) in [6.07, 6.45) is 5.07. The number of hydrogen-bond acceptors (Lipinski definition) is 4. The van der Waals surface area contributed by atoms with Gasteiger partial charge in [0.2, 0.25) is 0 Å². The minimum absolute atomic E-state index is 0.0196. The van der Waals surface area contributed by atoms with E-state index >= 15 is 0 Å². The Hall–Kier alpha value is -0.650. The quantitative estimate of drug-likeness (QED) is 0.721. The van der Waals surface area contributed by atoms with Crippen LogP contribution in [0.4, 0.5) is 0 Å². The predicted molar refractivity (Wildman–Crippen MR) is 66.6 cm³/mol. The minimum Gasteiger partial charge on any atom is -0.330 e. The van der Waals surface area contributed by atoms with Gasteiger partial charge in [-0.25, -0.2) is 0 Å². The van der Waals surface area contributed by atoms with Crippen LogP contribution in [0.15, 0.2) is 10.2 Å². The van der Waals surface area contributed by atoms with E-state index in [2.05, 4.69) is 10.3 Å². The van der Waals surface area contributed by atoms with E-state index in [9.17, 15) is 4.79 Å². The van der Waals surface area contributed by atoms with Gasteiger partial charge in [0.15, 0.2) is 0 Å². The van der Waals surface area contributed by atoms with Crippen LogP contribution in [0.2, 0.25) is 0 Å². The zero-order valence-electron chi connectivity index (χ0n) is 9.42. The zero-order valence-corrected chi connectivity index (χ0v) is 10.2. The topological polar surface area (TPSA) is 70.9 Å². The number of hydrogen-bond donors (Lipinski definition) is 3. The van der Waals surface area contributed by atoms with E-state index in [1.54, 1.807) is 0 Å². The van der Waals surface area contributed by atoms with Crippen LogP contribution in [0.3, 0.4) is 0 Å². The van der Waals surface area contributed by atoms with E-state index in [1.165, 1.54) is 37.0 Å². The number of aromatic amines is 1. The van der Waals surface area contributed by atoms with Gasteiger partial charge < -0.3 is 16.0 Å². The van der Waals surface area contributed by atoms with Crippen LogP contribution in [0.1, 0.15) is 31.4 Å². The molecule has 5 heteroatoms. The van der Waals surface area contributed by atoms with Gasteiger partial charge in [-0.15, -0.1) is 0 Å². The zero-order chi connectivity index (χ0) is 11.4. The maximum atomic E-state index is 10.9. The molecule has 1 aliphatic carbocycles. The van der Waals surface area contributed by atoms with E-state index in [0.717, 1.165) is 25.3 Å². The number of H-pyrrole nitrogens is 1. The van der Waals surface area contributed by atoms with Gasteiger partial charge >= 0.3 is 4.87 Å². The van der Waals surface area contributed by atoms with Crippen molar-refractivity contribution in [3.63, 3.8) is 0 Å². The first-order chi connectivity index (χ1) is 7.74. The third kappa shape index (κ3) is 2.72. The van der Waals surface area contributed by atoms with Crippen molar-refractivity contribution in [3.05, 3.63) is 20.7 Å². The molecule has 1 heterocycles. The maximum absolute atomic E-state index is 10.9. The van der Waals surface area contributed by atoms with Gasteiger partial charge in [-0.2, -0.15) is 0 Å². The largest absolute Gasteiger partial charge is 0.330 e. The summed E-state index contributed by atoms with van der Waals surface area (Å²) in [5.41, 5.74) is 7.13. The molecule has 1 aliphatic rings. The Morgan fingerprint density at radius 3 is 2.81 bits per heavy atom. The molecule has 16 heavy (non-hydrogen) atoms. The Morgan fingerprint density at radius 2 is 2.25 bits per heavy atom. The lowest BCUT2D eigenvalue weighted by molar-refractivity contribution is 0.290. The molecule has 0 aromatic carbocycles. The lowest BCUT2D eigenvalue weighted by Crippen LogP contribution is -2.38. The summed E-state index contributed by atoms with van der Waals surface area (Å²) in [4.78, 5) is 13.8. The van der Waals surface area contributed by atoms with Crippen LogP contribution >= 0.6 is 11.3 Å². The van der Waals surface area contributed by atoms with Crippen LogP contribution in [-0.4, -0.2) is 18.1 Å². The monoisotopic (exact) mass is 241 g/mol. The van der Waals surface area contributed by atoms with E-state index in [1.807, 2.05) is 5.38 Å². The molecule has 0 amide bonds. The lowest BCUT2D eigenvalue weighted by Gasteiger charge is -2.27. The second-order valence-corrected chi connectivity index (χ2v) is 5.53. The van der Waals surface area contributed by atoms with Gasteiger partial charge in [0.05, 0.1) is 0 Å². The standard InChI is InChI=1S/C11H19N3OS/c12-7-11(3-1-2-4-11)8-13-5-9-6-16-10(15)14-9/h6,13H,1-5,7-8,12H2,(H,14,15). The molecular formula is C11H19N3OS. The first kappa shape index (κ1) is 11.8.